The van der Waals surface area contributed by atoms with E-state index in [9.17, 15) is 27.9 Å². The molecule has 1 aliphatic rings. The van der Waals surface area contributed by atoms with E-state index in [1.165, 1.54) is 35.2 Å². The summed E-state index contributed by atoms with van der Waals surface area (Å²) in [6, 6.07) is 8.50. The summed E-state index contributed by atoms with van der Waals surface area (Å²) in [7, 11) is 0. The second-order valence-electron chi connectivity index (χ2n) is 7.37. The molecule has 0 radical (unpaired) electrons. The van der Waals surface area contributed by atoms with Crippen molar-refractivity contribution in [1.29, 1.82) is 5.41 Å². The van der Waals surface area contributed by atoms with Crippen molar-refractivity contribution in [3.8, 4) is 0 Å². The van der Waals surface area contributed by atoms with E-state index in [1.807, 2.05) is 0 Å². The largest absolute Gasteiger partial charge is 0.504 e. The zero-order valence-electron chi connectivity index (χ0n) is 16.5. The molecule has 0 spiro atoms. The SMILES string of the molecule is N=CC(=O)/C(O)=C/C(=O)N1CCC[C@@H]1C[C@@H](c1ccc(F)cc1)c1ccc(F)cc1F. The first-order valence-corrected chi connectivity index (χ1v) is 9.76. The molecule has 0 bridgehead atoms. The van der Waals surface area contributed by atoms with Crippen LogP contribution >= 0.6 is 0 Å². The van der Waals surface area contributed by atoms with E-state index in [0.29, 0.717) is 31.2 Å². The van der Waals surface area contributed by atoms with Gasteiger partial charge in [-0.3, -0.25) is 9.59 Å². The molecule has 1 heterocycles. The summed E-state index contributed by atoms with van der Waals surface area (Å²) in [6.07, 6.45) is 2.75. The summed E-state index contributed by atoms with van der Waals surface area (Å²) in [5.41, 5.74) is 0.841. The van der Waals surface area contributed by atoms with Gasteiger partial charge in [0.15, 0.2) is 5.76 Å². The number of benzene rings is 2. The molecule has 162 valence electrons. The number of aliphatic hydroxyl groups excluding tert-OH is 1. The molecular formula is C23H21F3N2O3. The molecule has 2 aromatic rings. The molecule has 0 saturated carbocycles. The van der Waals surface area contributed by atoms with Crippen LogP contribution in [0.2, 0.25) is 0 Å². The van der Waals surface area contributed by atoms with E-state index in [4.69, 9.17) is 5.41 Å². The first-order valence-electron chi connectivity index (χ1n) is 9.76. The van der Waals surface area contributed by atoms with Crippen LogP contribution in [-0.4, -0.2) is 40.5 Å². The molecule has 3 rings (SSSR count). The number of hydrogen-bond donors (Lipinski definition) is 2. The maximum atomic E-state index is 14.6. The second kappa shape index (κ2) is 9.59. The van der Waals surface area contributed by atoms with Crippen LogP contribution in [0.5, 0.6) is 0 Å². The topological polar surface area (TPSA) is 81.5 Å². The Balaban J connectivity index is 1.91. The average molecular weight is 430 g/mol. The summed E-state index contributed by atoms with van der Waals surface area (Å²) in [4.78, 5) is 25.4. The molecule has 1 amide bonds. The Kier molecular flexibility index (Phi) is 6.89. The third-order valence-corrected chi connectivity index (χ3v) is 5.42. The zero-order valence-corrected chi connectivity index (χ0v) is 16.5. The first-order chi connectivity index (χ1) is 14.8. The molecular weight excluding hydrogens is 409 g/mol. The van der Waals surface area contributed by atoms with Crippen molar-refractivity contribution in [3.63, 3.8) is 0 Å². The van der Waals surface area contributed by atoms with E-state index < -0.39 is 40.8 Å². The Morgan fingerprint density at radius 3 is 2.45 bits per heavy atom. The van der Waals surface area contributed by atoms with Crippen molar-refractivity contribution in [2.45, 2.75) is 31.2 Å². The molecule has 1 fully saturated rings. The fraction of sp³-hybridized carbons (Fsp3) is 0.261. The minimum atomic E-state index is -0.985. The first kappa shape index (κ1) is 22.3. The van der Waals surface area contributed by atoms with E-state index in [1.54, 1.807) is 0 Å². The molecule has 5 nitrogen and oxygen atoms in total. The Bertz CT molecular complexity index is 1020. The number of halogens is 3. The normalized spacial score (nSPS) is 17.5. The van der Waals surface area contributed by atoms with Crippen LogP contribution in [0, 0.1) is 22.9 Å². The van der Waals surface area contributed by atoms with Gasteiger partial charge in [0.05, 0.1) is 6.21 Å². The van der Waals surface area contributed by atoms with Gasteiger partial charge in [0, 0.05) is 30.6 Å². The van der Waals surface area contributed by atoms with Crippen molar-refractivity contribution in [2.24, 2.45) is 0 Å². The third kappa shape index (κ3) is 5.20. The smallest absolute Gasteiger partial charge is 0.250 e. The summed E-state index contributed by atoms with van der Waals surface area (Å²) in [5, 5.41) is 16.5. The summed E-state index contributed by atoms with van der Waals surface area (Å²) in [5.74, 6) is -4.87. The Morgan fingerprint density at radius 1 is 1.13 bits per heavy atom. The standard InChI is InChI=1S/C23H21F3N2O3/c24-15-5-3-14(4-6-15)19(18-8-7-16(25)10-20(18)26)11-17-2-1-9-28(17)23(31)12-21(29)22(30)13-27/h3-8,10,12-13,17,19,27,29H,1-2,9,11H2/b21-12-,27-13?/t17-,19+/m1/s1. The number of nitrogens with zero attached hydrogens (tertiary/aromatic N) is 1. The number of rotatable bonds is 7. The molecule has 2 atom stereocenters. The summed E-state index contributed by atoms with van der Waals surface area (Å²) in [6.45, 7) is 0.383. The van der Waals surface area contributed by atoms with Gasteiger partial charge < -0.3 is 15.4 Å². The minimum absolute atomic E-state index is 0.227. The lowest BCUT2D eigenvalue weighted by Gasteiger charge is -2.28. The van der Waals surface area contributed by atoms with Crippen LogP contribution < -0.4 is 0 Å². The van der Waals surface area contributed by atoms with Crippen LogP contribution in [0.25, 0.3) is 0 Å². The van der Waals surface area contributed by atoms with Gasteiger partial charge >= 0.3 is 0 Å². The fourth-order valence-electron chi connectivity index (χ4n) is 3.91. The van der Waals surface area contributed by atoms with Gasteiger partial charge in [-0.2, -0.15) is 0 Å². The molecule has 0 aliphatic carbocycles. The fourth-order valence-corrected chi connectivity index (χ4v) is 3.91. The predicted octanol–water partition coefficient (Wildman–Crippen LogP) is 4.28. The van der Waals surface area contributed by atoms with E-state index in [0.717, 1.165) is 18.2 Å². The van der Waals surface area contributed by atoms with Crippen LogP contribution in [0.15, 0.2) is 54.3 Å². The van der Waals surface area contributed by atoms with Crippen molar-refractivity contribution < 1.29 is 27.9 Å². The number of aliphatic hydroxyl groups is 1. The van der Waals surface area contributed by atoms with Crippen molar-refractivity contribution in [1.82, 2.24) is 4.90 Å². The molecule has 0 aromatic heterocycles. The van der Waals surface area contributed by atoms with Crippen molar-refractivity contribution in [2.75, 3.05) is 6.54 Å². The van der Waals surface area contributed by atoms with Crippen LogP contribution in [0.3, 0.4) is 0 Å². The average Bonchev–Trinajstić information content (AvgIpc) is 3.21. The Hall–Kier alpha value is -3.42. The van der Waals surface area contributed by atoms with E-state index in [-0.39, 0.29) is 18.0 Å². The van der Waals surface area contributed by atoms with Gasteiger partial charge in [0.1, 0.15) is 17.5 Å². The molecule has 1 aliphatic heterocycles. The van der Waals surface area contributed by atoms with Crippen LogP contribution in [-0.2, 0) is 9.59 Å². The lowest BCUT2D eigenvalue weighted by molar-refractivity contribution is -0.127. The maximum absolute atomic E-state index is 14.6. The number of amides is 1. The number of ketones is 1. The molecule has 8 heteroatoms. The van der Waals surface area contributed by atoms with Gasteiger partial charge in [0.2, 0.25) is 5.78 Å². The Labute approximate surface area is 177 Å². The highest BCUT2D eigenvalue weighted by atomic mass is 19.1. The highest BCUT2D eigenvalue weighted by Gasteiger charge is 2.32. The van der Waals surface area contributed by atoms with Gasteiger partial charge in [-0.25, -0.2) is 13.2 Å². The van der Waals surface area contributed by atoms with Gasteiger partial charge in [-0.1, -0.05) is 18.2 Å². The van der Waals surface area contributed by atoms with Crippen molar-refractivity contribution in [3.05, 3.63) is 82.9 Å². The monoisotopic (exact) mass is 430 g/mol. The molecule has 2 N–H and O–H groups in total. The minimum Gasteiger partial charge on any atom is -0.504 e. The van der Waals surface area contributed by atoms with Gasteiger partial charge in [0.25, 0.3) is 5.91 Å². The van der Waals surface area contributed by atoms with Gasteiger partial charge in [-0.05, 0) is 48.6 Å². The number of nitrogens with one attached hydrogen (secondary N) is 1. The highest BCUT2D eigenvalue weighted by Crippen LogP contribution is 2.35. The van der Waals surface area contributed by atoms with Crippen LogP contribution in [0.1, 0.15) is 36.3 Å². The number of hydrogen-bond acceptors (Lipinski definition) is 4. The summed E-state index contributed by atoms with van der Waals surface area (Å²) >= 11 is 0. The number of carbonyl (C=O) groups excluding carboxylic acids is 2. The second-order valence-corrected chi connectivity index (χ2v) is 7.37. The predicted molar refractivity (Wildman–Crippen MR) is 108 cm³/mol. The number of Topliss-reactive ketones (excluding diaryl/α,β-unsaturated/α-hetero) is 1. The quantitative estimate of drug-likeness (QED) is 0.391. The number of carbonyl (C=O) groups is 2. The van der Waals surface area contributed by atoms with Crippen LogP contribution in [0.4, 0.5) is 13.2 Å². The third-order valence-electron chi connectivity index (χ3n) is 5.42. The lowest BCUT2D eigenvalue weighted by atomic mass is 9.85. The van der Waals surface area contributed by atoms with Crippen molar-refractivity contribution >= 4 is 17.9 Å². The number of likely N-dealkylation sites (tertiary alicyclic amines) is 1. The maximum Gasteiger partial charge on any atom is 0.250 e. The number of allylic oxidation sites excluding steroid dienone is 1. The molecule has 2 aromatic carbocycles. The molecule has 0 unspecified atom stereocenters. The lowest BCUT2D eigenvalue weighted by Crippen LogP contribution is -2.36. The van der Waals surface area contributed by atoms with E-state index in [2.05, 4.69) is 0 Å². The van der Waals surface area contributed by atoms with E-state index >= 15 is 0 Å². The van der Waals surface area contributed by atoms with Gasteiger partial charge in [-0.15, -0.1) is 0 Å². The Morgan fingerprint density at radius 2 is 1.81 bits per heavy atom. The highest BCUT2D eigenvalue weighted by molar-refractivity contribution is 6.33. The molecule has 1 saturated heterocycles. The summed E-state index contributed by atoms with van der Waals surface area (Å²) < 4.78 is 41.5. The zero-order chi connectivity index (χ0) is 22.5. The molecule has 31 heavy (non-hydrogen) atoms.